The molecule has 0 saturated carbocycles. The van der Waals surface area contributed by atoms with E-state index >= 15 is 0 Å². The number of benzene rings is 1. The van der Waals surface area contributed by atoms with Gasteiger partial charge in [0, 0.05) is 25.6 Å². The maximum absolute atomic E-state index is 5.76. The van der Waals surface area contributed by atoms with Crippen molar-refractivity contribution in [2.24, 2.45) is 0 Å². The second-order valence-corrected chi connectivity index (χ2v) is 3.73. The molecule has 4 heteroatoms. The molecule has 3 nitrogen and oxygen atoms in total. The van der Waals surface area contributed by atoms with Crippen LogP contribution in [0.4, 0.5) is 0 Å². The molecule has 0 aliphatic rings. The highest BCUT2D eigenvalue weighted by molar-refractivity contribution is 6.18. The van der Waals surface area contributed by atoms with E-state index in [0.717, 1.165) is 12.3 Å². The fourth-order valence-electron chi connectivity index (χ4n) is 1.31. The van der Waals surface area contributed by atoms with Crippen LogP contribution in [0, 0.1) is 0 Å². The molecule has 0 spiro atoms. The molecular formula is C12H18ClNO2. The van der Waals surface area contributed by atoms with E-state index in [0.29, 0.717) is 19.1 Å². The van der Waals surface area contributed by atoms with Gasteiger partial charge in [-0.1, -0.05) is 18.2 Å². The molecule has 0 saturated heterocycles. The van der Waals surface area contributed by atoms with Crippen molar-refractivity contribution in [2.45, 2.75) is 6.04 Å². The Kier molecular flexibility index (Phi) is 6.97. The molecule has 1 atom stereocenters. The van der Waals surface area contributed by atoms with Crippen LogP contribution in [0.1, 0.15) is 0 Å². The topological polar surface area (TPSA) is 30.5 Å². The first-order valence-electron chi connectivity index (χ1n) is 5.33. The molecule has 0 radical (unpaired) electrons. The molecule has 1 N–H and O–H groups in total. The molecule has 1 unspecified atom stereocenters. The fourth-order valence-corrected chi connectivity index (χ4v) is 1.51. The normalized spacial score (nSPS) is 12.4. The Morgan fingerprint density at radius 2 is 2.06 bits per heavy atom. The molecule has 0 aliphatic heterocycles. The third-order valence-corrected chi connectivity index (χ3v) is 2.47. The van der Waals surface area contributed by atoms with Gasteiger partial charge in [0.25, 0.3) is 0 Å². The van der Waals surface area contributed by atoms with Crippen LogP contribution in [0.15, 0.2) is 30.3 Å². The van der Waals surface area contributed by atoms with Gasteiger partial charge in [0.1, 0.15) is 12.4 Å². The van der Waals surface area contributed by atoms with Gasteiger partial charge in [-0.2, -0.15) is 0 Å². The maximum Gasteiger partial charge on any atom is 0.119 e. The lowest BCUT2D eigenvalue weighted by Gasteiger charge is -2.15. The lowest BCUT2D eigenvalue weighted by atomic mass is 10.3. The molecule has 1 rings (SSSR count). The SMILES string of the molecule is COCC(CCl)NCCOc1ccccc1. The van der Waals surface area contributed by atoms with Crippen LogP contribution in [-0.2, 0) is 4.74 Å². The van der Waals surface area contributed by atoms with Gasteiger partial charge in [0.15, 0.2) is 0 Å². The zero-order chi connectivity index (χ0) is 11.6. The molecule has 0 aliphatic carbocycles. The van der Waals surface area contributed by atoms with Gasteiger partial charge in [-0.15, -0.1) is 11.6 Å². The summed E-state index contributed by atoms with van der Waals surface area (Å²) < 4.78 is 10.6. The molecule has 16 heavy (non-hydrogen) atoms. The largest absolute Gasteiger partial charge is 0.492 e. The van der Waals surface area contributed by atoms with Crippen LogP contribution in [0.3, 0.4) is 0 Å². The van der Waals surface area contributed by atoms with Crippen LogP contribution in [0.2, 0.25) is 0 Å². The van der Waals surface area contributed by atoms with Gasteiger partial charge >= 0.3 is 0 Å². The van der Waals surface area contributed by atoms with E-state index in [2.05, 4.69) is 5.32 Å². The quantitative estimate of drug-likeness (QED) is 0.559. The molecule has 90 valence electrons. The van der Waals surface area contributed by atoms with E-state index in [1.165, 1.54) is 0 Å². The Labute approximate surface area is 102 Å². The first-order chi connectivity index (χ1) is 7.86. The third-order valence-electron chi connectivity index (χ3n) is 2.10. The number of hydrogen-bond acceptors (Lipinski definition) is 3. The van der Waals surface area contributed by atoms with Crippen LogP contribution >= 0.6 is 11.6 Å². The second kappa shape index (κ2) is 8.39. The standard InChI is InChI=1S/C12H18ClNO2/c1-15-10-11(9-13)14-7-8-16-12-5-3-2-4-6-12/h2-6,11,14H,7-10H2,1H3. The zero-order valence-corrected chi connectivity index (χ0v) is 10.2. The van der Waals surface area contributed by atoms with Crippen molar-refractivity contribution in [1.82, 2.24) is 5.32 Å². The number of nitrogens with one attached hydrogen (secondary N) is 1. The molecular weight excluding hydrogens is 226 g/mol. The maximum atomic E-state index is 5.76. The van der Waals surface area contributed by atoms with Gasteiger partial charge in [-0.3, -0.25) is 0 Å². The molecule has 0 fully saturated rings. The summed E-state index contributed by atoms with van der Waals surface area (Å²) >= 11 is 5.76. The van der Waals surface area contributed by atoms with Gasteiger partial charge in [0.05, 0.1) is 6.61 Å². The average Bonchev–Trinajstić information content (AvgIpc) is 2.34. The Morgan fingerprint density at radius 1 is 1.31 bits per heavy atom. The van der Waals surface area contributed by atoms with E-state index in [1.54, 1.807) is 7.11 Å². The van der Waals surface area contributed by atoms with Gasteiger partial charge in [-0.25, -0.2) is 0 Å². The number of alkyl halides is 1. The third kappa shape index (κ3) is 5.35. The van der Waals surface area contributed by atoms with Crippen LogP contribution < -0.4 is 10.1 Å². The lowest BCUT2D eigenvalue weighted by molar-refractivity contribution is 0.170. The van der Waals surface area contributed by atoms with Gasteiger partial charge < -0.3 is 14.8 Å². The average molecular weight is 244 g/mol. The van der Waals surface area contributed by atoms with Crippen LogP contribution in [-0.4, -0.2) is 38.8 Å². The minimum absolute atomic E-state index is 0.186. The van der Waals surface area contributed by atoms with Crippen molar-refractivity contribution in [1.29, 1.82) is 0 Å². The fraction of sp³-hybridized carbons (Fsp3) is 0.500. The monoisotopic (exact) mass is 243 g/mol. The minimum atomic E-state index is 0.186. The van der Waals surface area contributed by atoms with E-state index in [-0.39, 0.29) is 6.04 Å². The summed E-state index contributed by atoms with van der Waals surface area (Å²) in [7, 11) is 1.67. The minimum Gasteiger partial charge on any atom is -0.492 e. The summed E-state index contributed by atoms with van der Waals surface area (Å²) in [5.41, 5.74) is 0. The second-order valence-electron chi connectivity index (χ2n) is 3.42. The summed E-state index contributed by atoms with van der Waals surface area (Å²) in [6.45, 7) is 2.01. The van der Waals surface area contributed by atoms with Crippen molar-refractivity contribution >= 4 is 11.6 Å². The van der Waals surface area contributed by atoms with Gasteiger partial charge in [-0.05, 0) is 12.1 Å². The number of hydrogen-bond donors (Lipinski definition) is 1. The number of halogens is 1. The van der Waals surface area contributed by atoms with Crippen molar-refractivity contribution in [3.63, 3.8) is 0 Å². The van der Waals surface area contributed by atoms with E-state index in [1.807, 2.05) is 30.3 Å². The molecule has 0 heterocycles. The highest BCUT2D eigenvalue weighted by atomic mass is 35.5. The number of para-hydroxylation sites is 1. The predicted molar refractivity (Wildman–Crippen MR) is 66.3 cm³/mol. The first kappa shape index (κ1) is 13.3. The van der Waals surface area contributed by atoms with Crippen molar-refractivity contribution < 1.29 is 9.47 Å². The summed E-state index contributed by atoms with van der Waals surface area (Å²) in [5, 5.41) is 3.26. The highest BCUT2D eigenvalue weighted by Gasteiger charge is 2.04. The lowest BCUT2D eigenvalue weighted by Crippen LogP contribution is -2.37. The number of rotatable bonds is 8. The van der Waals surface area contributed by atoms with E-state index in [4.69, 9.17) is 21.1 Å². The summed E-state index contributed by atoms with van der Waals surface area (Å²) in [5.74, 6) is 1.43. The van der Waals surface area contributed by atoms with Crippen molar-refractivity contribution in [3.05, 3.63) is 30.3 Å². The molecule has 0 bridgehead atoms. The van der Waals surface area contributed by atoms with Gasteiger partial charge in [0.2, 0.25) is 0 Å². The van der Waals surface area contributed by atoms with Crippen LogP contribution in [0.5, 0.6) is 5.75 Å². The van der Waals surface area contributed by atoms with E-state index < -0.39 is 0 Å². The molecule has 1 aromatic rings. The summed E-state index contributed by atoms with van der Waals surface area (Å²) in [4.78, 5) is 0. The van der Waals surface area contributed by atoms with Crippen LogP contribution in [0.25, 0.3) is 0 Å². The smallest absolute Gasteiger partial charge is 0.119 e. The summed E-state index contributed by atoms with van der Waals surface area (Å²) in [6, 6.07) is 9.94. The Balaban J connectivity index is 2.11. The Bertz CT molecular complexity index is 269. The Morgan fingerprint density at radius 3 is 2.69 bits per heavy atom. The van der Waals surface area contributed by atoms with E-state index in [9.17, 15) is 0 Å². The summed E-state index contributed by atoms with van der Waals surface area (Å²) in [6.07, 6.45) is 0. The highest BCUT2D eigenvalue weighted by Crippen LogP contribution is 2.07. The first-order valence-corrected chi connectivity index (χ1v) is 5.86. The Hall–Kier alpha value is -0.770. The molecule has 0 aromatic heterocycles. The van der Waals surface area contributed by atoms with Crippen molar-refractivity contribution in [3.8, 4) is 5.75 Å². The predicted octanol–water partition coefficient (Wildman–Crippen LogP) is 1.91. The number of methoxy groups -OCH3 is 1. The molecule has 1 aromatic carbocycles. The number of ether oxygens (including phenoxy) is 2. The molecule has 0 amide bonds. The van der Waals surface area contributed by atoms with Crippen molar-refractivity contribution in [2.75, 3.05) is 32.7 Å². The zero-order valence-electron chi connectivity index (χ0n) is 9.49.